The number of anilines is 1. The summed E-state index contributed by atoms with van der Waals surface area (Å²) >= 11 is 3.53. The van der Waals surface area contributed by atoms with Crippen molar-refractivity contribution in [3.05, 3.63) is 29.6 Å². The Morgan fingerprint density at radius 3 is 2.62 bits per heavy atom. The van der Waals surface area contributed by atoms with Crippen molar-refractivity contribution in [2.75, 3.05) is 30.8 Å². The van der Waals surface area contributed by atoms with Crippen LogP contribution in [0.15, 0.2) is 18.2 Å². The van der Waals surface area contributed by atoms with Crippen LogP contribution in [0.3, 0.4) is 0 Å². The van der Waals surface area contributed by atoms with E-state index >= 15 is 0 Å². The molecule has 2 aliphatic heterocycles. The Morgan fingerprint density at radius 2 is 2.00 bits per heavy atom. The molecule has 0 spiro atoms. The van der Waals surface area contributed by atoms with Gasteiger partial charge in [0.25, 0.3) is 0 Å². The van der Waals surface area contributed by atoms with Crippen molar-refractivity contribution in [1.82, 2.24) is 15.3 Å². The second-order valence-electron chi connectivity index (χ2n) is 5.79. The van der Waals surface area contributed by atoms with Crippen molar-refractivity contribution in [3.8, 4) is 0 Å². The van der Waals surface area contributed by atoms with Crippen LogP contribution in [0.4, 0.5) is 5.82 Å². The summed E-state index contributed by atoms with van der Waals surface area (Å²) in [6.45, 7) is 7.45. The predicted molar refractivity (Wildman–Crippen MR) is 91.4 cm³/mol. The fourth-order valence-corrected chi connectivity index (χ4v) is 3.20. The fourth-order valence-electron chi connectivity index (χ4n) is 3.20. The molecule has 2 saturated heterocycles. The van der Waals surface area contributed by atoms with Gasteiger partial charge in [0.2, 0.25) is 0 Å². The quantitative estimate of drug-likeness (QED) is 0.793. The van der Waals surface area contributed by atoms with Crippen molar-refractivity contribution in [2.45, 2.75) is 19.9 Å². The molecule has 2 unspecified atom stereocenters. The second-order valence-corrected chi connectivity index (χ2v) is 5.79. The lowest BCUT2D eigenvalue weighted by molar-refractivity contribution is 0.297. The van der Waals surface area contributed by atoms with Crippen molar-refractivity contribution in [3.63, 3.8) is 0 Å². The summed E-state index contributed by atoms with van der Waals surface area (Å²) in [6, 6.07) is 7.09. The number of nitrogens with zero attached hydrogens (tertiary/aromatic N) is 3. The smallest absolute Gasteiger partial charge is 0.140 e. The van der Waals surface area contributed by atoms with Gasteiger partial charge >= 0.3 is 0 Å². The Kier molecular flexibility index (Phi) is 4.04. The molecule has 1 aromatic carbocycles. The van der Waals surface area contributed by atoms with Crippen LogP contribution in [0.2, 0.25) is 0 Å². The highest BCUT2D eigenvalue weighted by Crippen LogP contribution is 2.31. The number of aryl methyl sites for hydroxylation is 2. The molecule has 0 amide bonds. The minimum absolute atomic E-state index is 0.662. The number of hydrogen-bond acceptors (Lipinski definition) is 5. The molecule has 1 N–H and O–H groups in total. The van der Waals surface area contributed by atoms with E-state index in [2.05, 4.69) is 53.0 Å². The van der Waals surface area contributed by atoms with E-state index in [1.165, 1.54) is 10.9 Å². The normalized spacial score (nSPS) is 23.3. The number of nitrogens with one attached hydrogen (secondary N) is 1. The molecule has 5 heteroatoms. The molecule has 2 aliphatic rings. The van der Waals surface area contributed by atoms with E-state index in [-0.39, 0.29) is 0 Å². The summed E-state index contributed by atoms with van der Waals surface area (Å²) < 4.78 is 0. The summed E-state index contributed by atoms with van der Waals surface area (Å²) in [5, 5.41) is 4.68. The molecule has 0 aliphatic carbocycles. The molecule has 2 fully saturated rings. The van der Waals surface area contributed by atoms with E-state index in [0.29, 0.717) is 6.04 Å². The Morgan fingerprint density at radius 1 is 1.19 bits per heavy atom. The van der Waals surface area contributed by atoms with Crippen molar-refractivity contribution in [2.24, 2.45) is 5.92 Å². The lowest BCUT2D eigenvalue weighted by Crippen LogP contribution is -2.51. The van der Waals surface area contributed by atoms with Crippen molar-refractivity contribution in [1.29, 1.82) is 0 Å². The van der Waals surface area contributed by atoms with Gasteiger partial charge in [-0.15, -0.1) is 0 Å². The fraction of sp³-hybridized carbons (Fsp3) is 0.500. The van der Waals surface area contributed by atoms with Crippen LogP contribution >= 0.6 is 12.6 Å². The zero-order valence-corrected chi connectivity index (χ0v) is 13.7. The zero-order valence-electron chi connectivity index (χ0n) is 12.8. The standard InChI is InChI=1S/C15H18N4.CH4S/c1-9-3-4-13-12(5-9)15(18-10(2)17-13)19-7-11-6-16-14(11)8-19;1-2/h3-5,11,14,16H,6-8H2,1-2H3;2H,1H3. The van der Waals surface area contributed by atoms with Gasteiger partial charge in [-0.2, -0.15) is 12.6 Å². The SMILES string of the molecule is CS.Cc1ccc2nc(C)nc(N3CC4CNC4C3)c2c1. The predicted octanol–water partition coefficient (Wildman–Crippen LogP) is 2.20. The first-order chi connectivity index (χ1) is 10.2. The molecular weight excluding hydrogens is 280 g/mol. The molecular formula is C16H22N4S. The first kappa shape index (κ1) is 14.6. The molecule has 4 nitrogen and oxygen atoms in total. The van der Waals surface area contributed by atoms with E-state index in [1.54, 1.807) is 6.26 Å². The maximum Gasteiger partial charge on any atom is 0.140 e. The summed E-state index contributed by atoms with van der Waals surface area (Å²) in [5.41, 5.74) is 2.32. The molecule has 4 rings (SSSR count). The summed E-state index contributed by atoms with van der Waals surface area (Å²) in [4.78, 5) is 11.7. The van der Waals surface area contributed by atoms with E-state index in [4.69, 9.17) is 4.98 Å². The molecule has 2 aromatic rings. The third kappa shape index (κ3) is 2.60. The summed E-state index contributed by atoms with van der Waals surface area (Å²) in [6.07, 6.45) is 1.69. The van der Waals surface area contributed by atoms with Gasteiger partial charge in [-0.3, -0.25) is 0 Å². The third-order valence-electron chi connectivity index (χ3n) is 4.33. The maximum absolute atomic E-state index is 4.71. The molecule has 21 heavy (non-hydrogen) atoms. The monoisotopic (exact) mass is 302 g/mol. The average Bonchev–Trinajstić information content (AvgIpc) is 2.76. The van der Waals surface area contributed by atoms with Gasteiger partial charge in [-0.1, -0.05) is 11.6 Å². The van der Waals surface area contributed by atoms with Gasteiger partial charge in [-0.25, -0.2) is 9.97 Å². The van der Waals surface area contributed by atoms with Gasteiger partial charge in [0, 0.05) is 37.0 Å². The Labute approximate surface area is 131 Å². The number of rotatable bonds is 1. The topological polar surface area (TPSA) is 41.1 Å². The van der Waals surface area contributed by atoms with Gasteiger partial charge < -0.3 is 10.2 Å². The Balaban J connectivity index is 0.000000636. The highest BCUT2D eigenvalue weighted by atomic mass is 32.1. The van der Waals surface area contributed by atoms with Gasteiger partial charge in [0.05, 0.1) is 5.52 Å². The molecule has 3 heterocycles. The first-order valence-electron chi connectivity index (χ1n) is 7.39. The lowest BCUT2D eigenvalue weighted by Gasteiger charge is -2.29. The van der Waals surface area contributed by atoms with E-state index in [0.717, 1.165) is 42.7 Å². The molecule has 0 saturated carbocycles. The largest absolute Gasteiger partial charge is 0.354 e. The average molecular weight is 302 g/mol. The number of thiol groups is 1. The van der Waals surface area contributed by atoms with Crippen molar-refractivity contribution >= 4 is 29.3 Å². The minimum Gasteiger partial charge on any atom is -0.354 e. The molecule has 0 bridgehead atoms. The zero-order chi connectivity index (χ0) is 15.0. The Bertz CT molecular complexity index is 646. The molecule has 2 atom stereocenters. The second kappa shape index (κ2) is 5.81. The number of hydrogen-bond donors (Lipinski definition) is 2. The van der Waals surface area contributed by atoms with Crippen LogP contribution in [-0.4, -0.2) is 41.9 Å². The maximum atomic E-state index is 4.71. The van der Waals surface area contributed by atoms with E-state index in [1.807, 2.05) is 6.92 Å². The number of benzene rings is 1. The molecule has 1 aromatic heterocycles. The highest BCUT2D eigenvalue weighted by Gasteiger charge is 2.39. The van der Waals surface area contributed by atoms with Crippen LogP contribution in [0.25, 0.3) is 10.9 Å². The third-order valence-corrected chi connectivity index (χ3v) is 4.33. The number of aromatic nitrogens is 2. The summed E-state index contributed by atoms with van der Waals surface area (Å²) in [7, 11) is 0. The minimum atomic E-state index is 0.662. The van der Waals surface area contributed by atoms with E-state index in [9.17, 15) is 0 Å². The lowest BCUT2D eigenvalue weighted by atomic mass is 9.96. The van der Waals surface area contributed by atoms with Gasteiger partial charge in [-0.05, 0) is 32.2 Å². The number of fused-ring (bicyclic) bond motifs is 2. The van der Waals surface area contributed by atoms with Crippen LogP contribution < -0.4 is 10.2 Å². The van der Waals surface area contributed by atoms with Crippen LogP contribution in [0.5, 0.6) is 0 Å². The molecule has 0 radical (unpaired) electrons. The van der Waals surface area contributed by atoms with Gasteiger partial charge in [0.15, 0.2) is 0 Å². The van der Waals surface area contributed by atoms with Crippen LogP contribution in [-0.2, 0) is 0 Å². The van der Waals surface area contributed by atoms with Gasteiger partial charge in [0.1, 0.15) is 11.6 Å². The van der Waals surface area contributed by atoms with Crippen LogP contribution in [0, 0.1) is 19.8 Å². The highest BCUT2D eigenvalue weighted by molar-refractivity contribution is 7.79. The van der Waals surface area contributed by atoms with E-state index < -0.39 is 0 Å². The summed E-state index contributed by atoms with van der Waals surface area (Å²) in [5.74, 6) is 2.77. The molecule has 112 valence electrons. The first-order valence-corrected chi connectivity index (χ1v) is 8.28. The van der Waals surface area contributed by atoms with Crippen molar-refractivity contribution < 1.29 is 0 Å². The Hall–Kier alpha value is -1.33. The van der Waals surface area contributed by atoms with Crippen LogP contribution in [0.1, 0.15) is 11.4 Å².